The molecule has 1 unspecified atom stereocenters. The van der Waals surface area contributed by atoms with Crippen LogP contribution in [0, 0.1) is 5.41 Å². The first-order chi connectivity index (χ1) is 17.8. The first kappa shape index (κ1) is 33.3. The average Bonchev–Trinajstić information content (AvgIpc) is 3.56. The van der Waals surface area contributed by atoms with Crippen LogP contribution in [0.1, 0.15) is 59.3 Å². The number of aliphatic carboxylic acids is 2. The molecule has 0 aromatic rings. The molecule has 2 amide bonds. The Hall–Kier alpha value is -2.70. The van der Waals surface area contributed by atoms with Gasteiger partial charge in [-0.1, -0.05) is 13.8 Å². The number of carboxylic acid groups (broad SMARTS) is 2. The van der Waals surface area contributed by atoms with Crippen molar-refractivity contribution in [3.8, 4) is 0 Å². The molecule has 218 valence electrons. The number of rotatable bonds is 12. The number of carboxylic acids is 2. The van der Waals surface area contributed by atoms with Crippen molar-refractivity contribution < 1.29 is 34.0 Å². The molecule has 0 aromatic heterocycles. The van der Waals surface area contributed by atoms with Crippen molar-refractivity contribution in [2.24, 2.45) is 11.5 Å². The van der Waals surface area contributed by atoms with E-state index >= 15 is 0 Å². The van der Waals surface area contributed by atoms with Gasteiger partial charge in [0.2, 0.25) is 11.8 Å². The van der Waals surface area contributed by atoms with Crippen molar-refractivity contribution in [1.29, 1.82) is 5.41 Å². The largest absolute Gasteiger partial charge is 0.480 e. The molecule has 0 aromatic carbocycles. The zero-order valence-corrected chi connectivity index (χ0v) is 23.4. The SMILES string of the molecule is CCP(=O)(CC)N[C@@H](C)C(=O)N1CCC[C@H]1C(=O)N1CCC[C@H]1C(=O)O.N=C(N)NCCCC(N)C(=O)O. The van der Waals surface area contributed by atoms with Crippen LogP contribution in [0.15, 0.2) is 0 Å². The lowest BCUT2D eigenvalue weighted by Crippen LogP contribution is -2.53. The van der Waals surface area contributed by atoms with Gasteiger partial charge in [-0.2, -0.15) is 0 Å². The zero-order chi connectivity index (χ0) is 29.0. The van der Waals surface area contributed by atoms with Crippen LogP contribution < -0.4 is 21.9 Å². The quantitative estimate of drug-likeness (QED) is 0.0725. The summed E-state index contributed by atoms with van der Waals surface area (Å²) in [6.45, 7) is 6.71. The van der Waals surface area contributed by atoms with Crippen molar-refractivity contribution in [3.05, 3.63) is 0 Å². The molecular formula is C23H44N7O7P. The molecule has 2 fully saturated rings. The number of nitrogens with two attached hydrogens (primary N) is 2. The van der Waals surface area contributed by atoms with E-state index in [1.165, 1.54) is 9.80 Å². The third kappa shape index (κ3) is 9.88. The number of carbonyl (C=O) groups excluding carboxylic acids is 2. The molecule has 15 heteroatoms. The standard InChI is InChI=1S/C17H30N3O5P.C6H14N4O2/c1-4-26(25,5-2)18-12(3)15(21)19-10-6-8-13(19)16(22)20-11-7-9-14(20)17(23)24;7-4(5(11)12)2-1-3-10-6(8)9/h12-14H,4-11H2,1-3H3,(H,18,25)(H,23,24);4H,1-3,7H2,(H,11,12)(H4,8,9,10)/t12-,13-,14-;/m0./s1. The third-order valence-electron chi connectivity index (χ3n) is 6.79. The highest BCUT2D eigenvalue weighted by Crippen LogP contribution is 2.40. The van der Waals surface area contributed by atoms with Crippen LogP contribution in [0.25, 0.3) is 0 Å². The highest BCUT2D eigenvalue weighted by Gasteiger charge is 2.43. The maximum Gasteiger partial charge on any atom is 0.326 e. The van der Waals surface area contributed by atoms with Gasteiger partial charge in [0.1, 0.15) is 25.4 Å². The molecule has 2 saturated heterocycles. The molecular weight excluding hydrogens is 517 g/mol. The topological polar surface area (TPSA) is 232 Å². The van der Waals surface area contributed by atoms with E-state index in [1.54, 1.807) is 6.92 Å². The minimum atomic E-state index is -2.59. The average molecular weight is 562 g/mol. The maximum atomic E-state index is 12.9. The summed E-state index contributed by atoms with van der Waals surface area (Å²) in [6.07, 6.45) is 4.28. The number of likely N-dealkylation sites (tertiary alicyclic amines) is 2. The summed E-state index contributed by atoms with van der Waals surface area (Å²) in [5.74, 6) is -2.62. The molecule has 38 heavy (non-hydrogen) atoms. The molecule has 2 aliphatic heterocycles. The molecule has 0 spiro atoms. The minimum absolute atomic E-state index is 0.112. The summed E-state index contributed by atoms with van der Waals surface area (Å²) in [6, 6.07) is -2.87. The first-order valence-corrected chi connectivity index (χ1v) is 15.1. The Morgan fingerprint density at radius 1 is 1.05 bits per heavy atom. The van der Waals surface area contributed by atoms with Crippen molar-refractivity contribution in [2.45, 2.75) is 83.5 Å². The van der Waals surface area contributed by atoms with Crippen molar-refractivity contribution >= 4 is 37.0 Å². The molecule has 0 saturated carbocycles. The van der Waals surface area contributed by atoms with Gasteiger partial charge in [0.15, 0.2) is 5.96 Å². The van der Waals surface area contributed by atoms with Crippen molar-refractivity contribution in [1.82, 2.24) is 20.2 Å². The summed E-state index contributed by atoms with van der Waals surface area (Å²) in [5, 5.41) is 30.0. The van der Waals surface area contributed by atoms with E-state index in [2.05, 4.69) is 10.4 Å². The normalized spacial score (nSPS) is 20.7. The number of hydrogen-bond acceptors (Lipinski definition) is 7. The summed E-state index contributed by atoms with van der Waals surface area (Å²) in [4.78, 5) is 50.3. The molecule has 14 nitrogen and oxygen atoms in total. The van der Waals surface area contributed by atoms with Crippen LogP contribution >= 0.6 is 7.29 Å². The van der Waals surface area contributed by atoms with Gasteiger partial charge in [-0.15, -0.1) is 0 Å². The fourth-order valence-electron chi connectivity index (χ4n) is 4.50. The van der Waals surface area contributed by atoms with E-state index in [0.29, 0.717) is 70.5 Å². The van der Waals surface area contributed by atoms with Gasteiger partial charge in [0.05, 0.1) is 6.04 Å². The zero-order valence-electron chi connectivity index (χ0n) is 22.5. The lowest BCUT2D eigenvalue weighted by Gasteiger charge is -2.32. The summed E-state index contributed by atoms with van der Waals surface area (Å²) in [5.41, 5.74) is 10.2. The Bertz CT molecular complexity index is 895. The Kier molecular flexibility index (Phi) is 13.7. The fraction of sp³-hybridized carbons (Fsp3) is 0.783. The molecule has 0 bridgehead atoms. The predicted molar refractivity (Wildman–Crippen MR) is 143 cm³/mol. The summed E-state index contributed by atoms with van der Waals surface area (Å²) in [7, 11) is -2.59. The second-order valence-corrected chi connectivity index (χ2v) is 12.8. The second kappa shape index (κ2) is 15.6. The number of amides is 2. The van der Waals surface area contributed by atoms with Gasteiger partial charge in [0.25, 0.3) is 0 Å². The number of guanidine groups is 1. The van der Waals surface area contributed by atoms with E-state index in [0.717, 1.165) is 0 Å². The Balaban J connectivity index is 0.000000508. The van der Waals surface area contributed by atoms with Crippen LogP contribution in [-0.2, 0) is 23.7 Å². The van der Waals surface area contributed by atoms with E-state index in [4.69, 9.17) is 22.0 Å². The summed E-state index contributed by atoms with van der Waals surface area (Å²) >= 11 is 0. The molecule has 2 rings (SSSR count). The molecule has 9 N–H and O–H groups in total. The highest BCUT2D eigenvalue weighted by molar-refractivity contribution is 7.61. The lowest BCUT2D eigenvalue weighted by atomic mass is 10.1. The molecule has 2 heterocycles. The van der Waals surface area contributed by atoms with Gasteiger partial charge in [-0.05, 0) is 45.4 Å². The van der Waals surface area contributed by atoms with E-state index in [1.807, 2.05) is 13.8 Å². The van der Waals surface area contributed by atoms with Gasteiger partial charge >= 0.3 is 11.9 Å². The van der Waals surface area contributed by atoms with Gasteiger partial charge in [-0.25, -0.2) is 4.79 Å². The first-order valence-electron chi connectivity index (χ1n) is 13.0. The Labute approximate surface area is 223 Å². The second-order valence-electron chi connectivity index (χ2n) is 9.52. The van der Waals surface area contributed by atoms with E-state index in [9.17, 15) is 28.8 Å². The van der Waals surface area contributed by atoms with Crippen LogP contribution in [-0.4, -0.2) is 106 Å². The monoisotopic (exact) mass is 561 g/mol. The molecule has 2 aliphatic rings. The molecule has 0 aliphatic carbocycles. The molecule has 0 radical (unpaired) electrons. The number of nitrogens with zero attached hydrogens (tertiary/aromatic N) is 2. The Morgan fingerprint density at radius 2 is 1.61 bits per heavy atom. The van der Waals surface area contributed by atoms with E-state index < -0.39 is 43.4 Å². The number of nitrogens with one attached hydrogen (secondary N) is 3. The highest BCUT2D eigenvalue weighted by atomic mass is 31.2. The molecule has 4 atom stereocenters. The Morgan fingerprint density at radius 3 is 2.11 bits per heavy atom. The predicted octanol–water partition coefficient (Wildman–Crippen LogP) is 0.0106. The van der Waals surface area contributed by atoms with Gasteiger partial charge in [0, 0.05) is 32.0 Å². The van der Waals surface area contributed by atoms with E-state index in [-0.39, 0.29) is 17.8 Å². The van der Waals surface area contributed by atoms with Crippen LogP contribution in [0.2, 0.25) is 0 Å². The maximum absolute atomic E-state index is 12.9. The number of carbonyl (C=O) groups is 4. The summed E-state index contributed by atoms with van der Waals surface area (Å²) < 4.78 is 12.6. The third-order valence-corrected chi connectivity index (χ3v) is 9.69. The van der Waals surface area contributed by atoms with Crippen molar-refractivity contribution in [3.63, 3.8) is 0 Å². The lowest BCUT2D eigenvalue weighted by molar-refractivity contribution is -0.152. The fourth-order valence-corrected chi connectivity index (χ4v) is 6.13. The van der Waals surface area contributed by atoms with Crippen LogP contribution in [0.5, 0.6) is 0 Å². The number of hydrogen-bond donors (Lipinski definition) is 7. The van der Waals surface area contributed by atoms with Gasteiger partial charge < -0.3 is 41.4 Å². The minimum Gasteiger partial charge on any atom is -0.480 e. The van der Waals surface area contributed by atoms with Crippen LogP contribution in [0.3, 0.4) is 0 Å². The van der Waals surface area contributed by atoms with Crippen LogP contribution in [0.4, 0.5) is 0 Å². The van der Waals surface area contributed by atoms with Gasteiger partial charge in [-0.3, -0.25) is 24.9 Å². The smallest absolute Gasteiger partial charge is 0.326 e. The van der Waals surface area contributed by atoms with Crippen molar-refractivity contribution in [2.75, 3.05) is 32.0 Å².